The molecule has 2 atom stereocenters. The van der Waals surface area contributed by atoms with Crippen molar-refractivity contribution in [2.24, 2.45) is 0 Å². The topological polar surface area (TPSA) is 53.4 Å². The van der Waals surface area contributed by atoms with Gasteiger partial charge in [-0.2, -0.15) is 13.2 Å². The maximum Gasteiger partial charge on any atom is 0.418 e. The van der Waals surface area contributed by atoms with Gasteiger partial charge in [-0.05, 0) is 18.6 Å². The van der Waals surface area contributed by atoms with E-state index in [4.69, 9.17) is 0 Å². The number of pyridine rings is 1. The summed E-state index contributed by atoms with van der Waals surface area (Å²) in [7, 11) is 0. The number of aliphatic hydroxyl groups is 2. The second-order valence-corrected chi connectivity index (χ2v) is 4.22. The molecule has 96 valence electrons. The highest BCUT2D eigenvalue weighted by molar-refractivity contribution is 9.09. The van der Waals surface area contributed by atoms with Gasteiger partial charge in [-0.3, -0.25) is 4.98 Å². The largest absolute Gasteiger partial charge is 0.418 e. The maximum atomic E-state index is 12.6. The molecule has 1 heterocycles. The lowest BCUT2D eigenvalue weighted by Crippen LogP contribution is -2.23. The summed E-state index contributed by atoms with van der Waals surface area (Å²) in [5.74, 6) is 0. The van der Waals surface area contributed by atoms with Gasteiger partial charge in [-0.15, -0.1) is 0 Å². The van der Waals surface area contributed by atoms with E-state index in [1.54, 1.807) is 0 Å². The molecule has 0 bridgehead atoms. The van der Waals surface area contributed by atoms with Gasteiger partial charge >= 0.3 is 6.18 Å². The van der Waals surface area contributed by atoms with Gasteiger partial charge in [0.2, 0.25) is 0 Å². The third kappa shape index (κ3) is 3.65. The fourth-order valence-electron chi connectivity index (χ4n) is 1.34. The van der Waals surface area contributed by atoms with Gasteiger partial charge in [-0.1, -0.05) is 15.9 Å². The molecule has 0 aliphatic heterocycles. The molecule has 0 saturated carbocycles. The van der Waals surface area contributed by atoms with Crippen molar-refractivity contribution in [2.45, 2.75) is 24.8 Å². The molecule has 1 aromatic rings. The summed E-state index contributed by atoms with van der Waals surface area (Å²) in [4.78, 5) is 3.50. The van der Waals surface area contributed by atoms with Gasteiger partial charge in [0.05, 0.1) is 17.4 Å². The van der Waals surface area contributed by atoms with Crippen LogP contribution in [-0.2, 0) is 6.18 Å². The summed E-state index contributed by atoms with van der Waals surface area (Å²) in [5.41, 5.74) is -1.57. The smallest absolute Gasteiger partial charge is 0.390 e. The lowest BCUT2D eigenvalue weighted by atomic mass is 10.0. The molecule has 0 aromatic carbocycles. The van der Waals surface area contributed by atoms with Crippen molar-refractivity contribution in [1.29, 1.82) is 0 Å². The highest BCUT2D eigenvalue weighted by Gasteiger charge is 2.37. The SMILES string of the molecule is OC(CCBr)C(O)c1ncccc1C(F)(F)F. The Hall–Kier alpha value is -0.660. The zero-order chi connectivity index (χ0) is 13.1. The summed E-state index contributed by atoms with van der Waals surface area (Å²) in [5, 5.41) is 19.5. The average Bonchev–Trinajstić information content (AvgIpc) is 2.27. The first-order valence-corrected chi connectivity index (χ1v) is 5.94. The number of hydrogen-bond acceptors (Lipinski definition) is 3. The Morgan fingerprint density at radius 1 is 1.35 bits per heavy atom. The Balaban J connectivity index is 3.05. The molecule has 7 heteroatoms. The third-order valence-corrected chi connectivity index (χ3v) is 2.65. The standard InChI is InChI=1S/C10H11BrF3NO2/c11-4-3-7(16)9(17)8-6(10(12,13)14)2-1-5-15-8/h1-2,5,7,9,16-17H,3-4H2. The van der Waals surface area contributed by atoms with Crippen LogP contribution in [0.1, 0.15) is 23.8 Å². The van der Waals surface area contributed by atoms with Gasteiger partial charge < -0.3 is 10.2 Å². The first-order valence-electron chi connectivity index (χ1n) is 4.82. The Labute approximate surface area is 104 Å². The van der Waals surface area contributed by atoms with Crippen molar-refractivity contribution < 1.29 is 23.4 Å². The molecule has 2 unspecified atom stereocenters. The quantitative estimate of drug-likeness (QED) is 0.839. The molecule has 2 N–H and O–H groups in total. The zero-order valence-corrected chi connectivity index (χ0v) is 10.2. The highest BCUT2D eigenvalue weighted by Crippen LogP contribution is 2.34. The molecule has 0 fully saturated rings. The van der Waals surface area contributed by atoms with Crippen LogP contribution in [-0.4, -0.2) is 26.6 Å². The summed E-state index contributed by atoms with van der Waals surface area (Å²) < 4.78 is 37.8. The van der Waals surface area contributed by atoms with E-state index in [2.05, 4.69) is 20.9 Å². The lowest BCUT2D eigenvalue weighted by molar-refractivity contribution is -0.140. The average molecular weight is 314 g/mol. The normalized spacial score (nSPS) is 15.6. The van der Waals surface area contributed by atoms with Crippen molar-refractivity contribution in [3.63, 3.8) is 0 Å². The molecule has 0 amide bonds. The van der Waals surface area contributed by atoms with Gasteiger partial charge in [-0.25, -0.2) is 0 Å². The van der Waals surface area contributed by atoms with Crippen LogP contribution in [0.5, 0.6) is 0 Å². The number of aliphatic hydroxyl groups excluding tert-OH is 2. The Kier molecular flexibility index (Phi) is 4.91. The second-order valence-electron chi connectivity index (χ2n) is 3.42. The van der Waals surface area contributed by atoms with Gasteiger partial charge in [0, 0.05) is 11.5 Å². The predicted octanol–water partition coefficient (Wildman–Crippen LogP) is 2.28. The number of halogens is 4. The maximum absolute atomic E-state index is 12.6. The van der Waals surface area contributed by atoms with Crippen LogP contribution in [0.4, 0.5) is 13.2 Å². The number of rotatable bonds is 4. The summed E-state index contributed by atoms with van der Waals surface area (Å²) in [6, 6.07) is 1.96. The van der Waals surface area contributed by atoms with Crippen LogP contribution in [0, 0.1) is 0 Å². The van der Waals surface area contributed by atoms with E-state index in [1.807, 2.05) is 0 Å². The second kappa shape index (κ2) is 5.79. The van der Waals surface area contributed by atoms with E-state index in [9.17, 15) is 23.4 Å². The van der Waals surface area contributed by atoms with E-state index in [1.165, 1.54) is 0 Å². The molecule has 0 aliphatic rings. The molecule has 1 rings (SSSR count). The van der Waals surface area contributed by atoms with Gasteiger partial charge in [0.1, 0.15) is 6.10 Å². The number of nitrogens with zero attached hydrogens (tertiary/aromatic N) is 1. The van der Waals surface area contributed by atoms with Crippen LogP contribution >= 0.6 is 15.9 Å². The van der Waals surface area contributed by atoms with Crippen molar-refractivity contribution in [2.75, 3.05) is 5.33 Å². The number of alkyl halides is 4. The van der Waals surface area contributed by atoms with E-state index in [-0.39, 0.29) is 6.42 Å². The minimum Gasteiger partial charge on any atom is -0.390 e. The summed E-state index contributed by atoms with van der Waals surface area (Å²) in [6.07, 6.45) is -6.25. The molecular weight excluding hydrogens is 303 g/mol. The van der Waals surface area contributed by atoms with Gasteiger partial charge in [0.15, 0.2) is 0 Å². The molecule has 0 radical (unpaired) electrons. The molecule has 0 spiro atoms. The highest BCUT2D eigenvalue weighted by atomic mass is 79.9. The van der Waals surface area contributed by atoms with Crippen LogP contribution in [0.15, 0.2) is 18.3 Å². The van der Waals surface area contributed by atoms with Crippen molar-refractivity contribution in [3.05, 3.63) is 29.6 Å². The van der Waals surface area contributed by atoms with Crippen molar-refractivity contribution >= 4 is 15.9 Å². The lowest BCUT2D eigenvalue weighted by Gasteiger charge is -2.20. The fraction of sp³-hybridized carbons (Fsp3) is 0.500. The first-order chi connectivity index (χ1) is 7.88. The minimum atomic E-state index is -4.60. The Morgan fingerprint density at radius 2 is 2.00 bits per heavy atom. The molecule has 3 nitrogen and oxygen atoms in total. The van der Waals surface area contributed by atoms with E-state index >= 15 is 0 Å². The first kappa shape index (κ1) is 14.4. The molecule has 0 aliphatic carbocycles. The molecule has 17 heavy (non-hydrogen) atoms. The van der Waals surface area contributed by atoms with E-state index in [0.717, 1.165) is 18.3 Å². The van der Waals surface area contributed by atoms with Crippen LogP contribution in [0.3, 0.4) is 0 Å². The van der Waals surface area contributed by atoms with E-state index < -0.39 is 29.6 Å². The van der Waals surface area contributed by atoms with Gasteiger partial charge in [0.25, 0.3) is 0 Å². The van der Waals surface area contributed by atoms with Crippen molar-refractivity contribution in [3.8, 4) is 0 Å². The predicted molar refractivity (Wildman–Crippen MR) is 58.6 cm³/mol. The molecule has 1 aromatic heterocycles. The van der Waals surface area contributed by atoms with Crippen molar-refractivity contribution in [1.82, 2.24) is 4.98 Å². The van der Waals surface area contributed by atoms with Crippen LogP contribution in [0.25, 0.3) is 0 Å². The summed E-state index contributed by atoms with van der Waals surface area (Å²) >= 11 is 3.04. The van der Waals surface area contributed by atoms with Crippen LogP contribution in [0.2, 0.25) is 0 Å². The van der Waals surface area contributed by atoms with Crippen LogP contribution < -0.4 is 0 Å². The minimum absolute atomic E-state index is 0.134. The molecular formula is C10H11BrF3NO2. The number of hydrogen-bond donors (Lipinski definition) is 2. The fourth-order valence-corrected chi connectivity index (χ4v) is 1.81. The zero-order valence-electron chi connectivity index (χ0n) is 8.65. The third-order valence-electron chi connectivity index (χ3n) is 2.19. The number of aromatic nitrogens is 1. The Morgan fingerprint density at radius 3 is 2.53 bits per heavy atom. The van der Waals surface area contributed by atoms with E-state index in [0.29, 0.717) is 5.33 Å². The summed E-state index contributed by atoms with van der Waals surface area (Å²) in [6.45, 7) is 0. The monoisotopic (exact) mass is 313 g/mol. The molecule has 0 saturated heterocycles. The Bertz CT molecular complexity index is 373.